The van der Waals surface area contributed by atoms with Crippen LogP contribution in [-0.2, 0) is 4.79 Å². The van der Waals surface area contributed by atoms with Crippen molar-refractivity contribution in [2.75, 3.05) is 17.9 Å². The normalized spacial score (nSPS) is 17.0. The Balaban J connectivity index is 1.48. The fourth-order valence-electron chi connectivity index (χ4n) is 3.64. The Labute approximate surface area is 194 Å². The summed E-state index contributed by atoms with van der Waals surface area (Å²) in [5.41, 5.74) is 5.70. The lowest BCUT2D eigenvalue weighted by atomic mass is 10.0. The first-order valence-electron chi connectivity index (χ1n) is 10.3. The lowest BCUT2D eigenvalue weighted by Crippen LogP contribution is -2.41. The zero-order chi connectivity index (χ0) is 22.8. The second kappa shape index (κ2) is 8.95. The van der Waals surface area contributed by atoms with Crippen LogP contribution in [0.1, 0.15) is 11.6 Å². The van der Waals surface area contributed by atoms with Crippen LogP contribution in [0.5, 0.6) is 5.75 Å². The predicted octanol–water partition coefficient (Wildman–Crippen LogP) is 4.49. The molecular weight excluding hydrogens is 441 g/mol. The molecular formula is C24H20FN5O2S. The molecule has 7 nitrogen and oxygen atoms in total. The lowest BCUT2D eigenvalue weighted by molar-refractivity contribution is -0.116. The van der Waals surface area contributed by atoms with Gasteiger partial charge in [-0.1, -0.05) is 54.2 Å². The first-order chi connectivity index (χ1) is 16.1. The largest absolute Gasteiger partial charge is 0.497 e. The monoisotopic (exact) mass is 461 g/mol. The zero-order valence-corrected chi connectivity index (χ0v) is 18.4. The molecule has 1 aliphatic rings. The van der Waals surface area contributed by atoms with Crippen molar-refractivity contribution in [3.05, 3.63) is 90.2 Å². The molecule has 5 rings (SSSR count). The van der Waals surface area contributed by atoms with Gasteiger partial charge in [-0.2, -0.15) is 0 Å². The number of aromatic nitrogens is 3. The molecule has 1 aliphatic heterocycles. The van der Waals surface area contributed by atoms with E-state index >= 15 is 0 Å². The highest BCUT2D eigenvalue weighted by atomic mass is 32.2. The van der Waals surface area contributed by atoms with Crippen LogP contribution >= 0.6 is 11.8 Å². The Hall–Kier alpha value is -3.85. The second-order valence-electron chi connectivity index (χ2n) is 7.42. The third-order valence-corrected chi connectivity index (χ3v) is 6.53. The number of thioether (sulfide) groups is 1. The molecule has 9 heteroatoms. The Morgan fingerprint density at radius 2 is 1.76 bits per heavy atom. The molecule has 0 bridgehead atoms. The van der Waals surface area contributed by atoms with Gasteiger partial charge in [-0.05, 0) is 42.0 Å². The Bertz CT molecular complexity index is 1260. The number of ether oxygens (including phenoxy) is 1. The molecule has 1 amide bonds. The number of hydrogen-bond donors (Lipinski definition) is 2. The summed E-state index contributed by atoms with van der Waals surface area (Å²) in [5.74, 6) is 0.797. The fourth-order valence-corrected chi connectivity index (χ4v) is 4.72. The van der Waals surface area contributed by atoms with E-state index in [9.17, 15) is 9.18 Å². The molecule has 33 heavy (non-hydrogen) atoms. The quantitative estimate of drug-likeness (QED) is 0.456. The number of rotatable bonds is 5. The molecule has 0 aliphatic carbocycles. The van der Waals surface area contributed by atoms with Crippen molar-refractivity contribution in [1.82, 2.24) is 14.9 Å². The number of nitrogens with zero attached hydrogens (tertiary/aromatic N) is 3. The van der Waals surface area contributed by atoms with Crippen molar-refractivity contribution in [1.29, 1.82) is 0 Å². The Morgan fingerprint density at radius 3 is 2.45 bits per heavy atom. The minimum Gasteiger partial charge on any atom is -0.497 e. The van der Waals surface area contributed by atoms with E-state index in [1.807, 2.05) is 30.3 Å². The van der Waals surface area contributed by atoms with E-state index in [-0.39, 0.29) is 11.7 Å². The van der Waals surface area contributed by atoms with Crippen LogP contribution in [0.4, 0.5) is 10.1 Å². The number of carbonyl (C=O) groups excluding carboxylic acids is 1. The average Bonchev–Trinajstić information content (AvgIpc) is 3.28. The molecule has 2 heterocycles. The highest BCUT2D eigenvalue weighted by Gasteiger charge is 2.38. The third-order valence-electron chi connectivity index (χ3n) is 5.31. The van der Waals surface area contributed by atoms with E-state index < -0.39 is 11.3 Å². The van der Waals surface area contributed by atoms with Gasteiger partial charge >= 0.3 is 0 Å². The van der Waals surface area contributed by atoms with Gasteiger partial charge in [0.1, 0.15) is 16.8 Å². The highest BCUT2D eigenvalue weighted by Crippen LogP contribution is 2.39. The maximum atomic E-state index is 13.6. The Morgan fingerprint density at radius 1 is 1.03 bits per heavy atom. The number of carbonyl (C=O) groups is 1. The van der Waals surface area contributed by atoms with Crippen molar-refractivity contribution in [3.8, 4) is 17.1 Å². The smallest absolute Gasteiger partial charge is 0.240 e. The molecule has 0 radical (unpaired) electrons. The number of amides is 1. The predicted molar refractivity (Wildman–Crippen MR) is 125 cm³/mol. The average molecular weight is 462 g/mol. The van der Waals surface area contributed by atoms with Crippen LogP contribution in [0.3, 0.4) is 0 Å². The molecule has 2 N–H and O–H groups in total. The molecule has 0 spiro atoms. The van der Waals surface area contributed by atoms with E-state index in [1.165, 1.54) is 23.9 Å². The minimum atomic E-state index is -0.571. The maximum absolute atomic E-state index is 13.6. The summed E-state index contributed by atoms with van der Waals surface area (Å²) in [6.07, 6.45) is 0. The van der Waals surface area contributed by atoms with E-state index in [4.69, 9.17) is 4.74 Å². The molecule has 0 saturated carbocycles. The number of methoxy groups -OCH3 is 1. The molecule has 0 saturated heterocycles. The molecule has 0 unspecified atom stereocenters. The summed E-state index contributed by atoms with van der Waals surface area (Å²) in [5, 5.41) is 11.6. The molecule has 4 aromatic rings. The van der Waals surface area contributed by atoms with Crippen LogP contribution < -0.4 is 15.5 Å². The molecule has 1 aromatic heterocycles. The maximum Gasteiger partial charge on any atom is 0.240 e. The standard InChI is InChI=1S/C24H20FN5O2S/c1-32-19-13-11-18(12-14-19)26-23(31)21-20(15-7-9-17(25)10-8-15)29-30-22(27-28-24(30)33-21)16-5-3-2-4-6-16/h2-14,20-21,29H,1H3,(H,26,31)/t20-,21-/m1/s1. The van der Waals surface area contributed by atoms with Gasteiger partial charge in [0.25, 0.3) is 0 Å². The van der Waals surface area contributed by atoms with Crippen molar-refractivity contribution < 1.29 is 13.9 Å². The van der Waals surface area contributed by atoms with Crippen molar-refractivity contribution in [2.45, 2.75) is 16.4 Å². The van der Waals surface area contributed by atoms with Crippen LogP contribution in [-0.4, -0.2) is 33.1 Å². The second-order valence-corrected chi connectivity index (χ2v) is 8.53. The SMILES string of the molecule is COc1ccc(NC(=O)[C@@H]2Sc3nnc(-c4ccccc4)n3N[C@@H]2c2ccc(F)cc2)cc1. The van der Waals surface area contributed by atoms with Gasteiger partial charge in [0.05, 0.1) is 13.2 Å². The molecule has 166 valence electrons. The van der Waals surface area contributed by atoms with Gasteiger partial charge in [-0.15, -0.1) is 10.2 Å². The van der Waals surface area contributed by atoms with Crippen molar-refractivity contribution in [3.63, 3.8) is 0 Å². The van der Waals surface area contributed by atoms with Gasteiger partial charge in [-0.25, -0.2) is 9.07 Å². The van der Waals surface area contributed by atoms with Gasteiger partial charge in [0.2, 0.25) is 11.1 Å². The van der Waals surface area contributed by atoms with E-state index in [0.717, 1.165) is 11.1 Å². The summed E-state index contributed by atoms with van der Waals surface area (Å²) in [6, 6.07) is 22.5. The first-order valence-corrected chi connectivity index (χ1v) is 11.1. The van der Waals surface area contributed by atoms with Crippen molar-refractivity contribution >= 4 is 23.4 Å². The van der Waals surface area contributed by atoms with E-state index in [1.54, 1.807) is 48.2 Å². The first kappa shape index (κ1) is 21.0. The summed E-state index contributed by atoms with van der Waals surface area (Å²) in [6.45, 7) is 0. The van der Waals surface area contributed by atoms with Gasteiger partial charge < -0.3 is 15.5 Å². The number of hydrogen-bond acceptors (Lipinski definition) is 6. The Kier molecular flexibility index (Phi) is 5.70. The molecule has 0 fully saturated rings. The number of nitrogens with one attached hydrogen (secondary N) is 2. The third kappa shape index (κ3) is 4.27. The number of benzene rings is 3. The van der Waals surface area contributed by atoms with Crippen LogP contribution in [0.25, 0.3) is 11.4 Å². The molecule has 2 atom stereocenters. The molecule has 3 aromatic carbocycles. The van der Waals surface area contributed by atoms with Crippen LogP contribution in [0, 0.1) is 5.82 Å². The lowest BCUT2D eigenvalue weighted by Gasteiger charge is -2.33. The summed E-state index contributed by atoms with van der Waals surface area (Å²) < 4.78 is 20.6. The van der Waals surface area contributed by atoms with Gasteiger partial charge in [0, 0.05) is 11.3 Å². The summed E-state index contributed by atoms with van der Waals surface area (Å²) in [7, 11) is 1.59. The van der Waals surface area contributed by atoms with Gasteiger partial charge in [0.15, 0.2) is 5.82 Å². The fraction of sp³-hybridized carbons (Fsp3) is 0.125. The minimum absolute atomic E-state index is 0.206. The number of anilines is 1. The van der Waals surface area contributed by atoms with Gasteiger partial charge in [-0.3, -0.25) is 4.79 Å². The zero-order valence-electron chi connectivity index (χ0n) is 17.6. The number of halogens is 1. The van der Waals surface area contributed by atoms with E-state index in [0.29, 0.717) is 22.4 Å². The van der Waals surface area contributed by atoms with Crippen LogP contribution in [0.15, 0.2) is 84.0 Å². The van der Waals surface area contributed by atoms with E-state index in [2.05, 4.69) is 20.9 Å². The van der Waals surface area contributed by atoms with Crippen molar-refractivity contribution in [2.24, 2.45) is 0 Å². The highest BCUT2D eigenvalue weighted by molar-refractivity contribution is 8.00. The summed E-state index contributed by atoms with van der Waals surface area (Å²) >= 11 is 1.31. The van der Waals surface area contributed by atoms with Crippen LogP contribution in [0.2, 0.25) is 0 Å². The number of fused-ring (bicyclic) bond motifs is 1. The summed E-state index contributed by atoms with van der Waals surface area (Å²) in [4.78, 5) is 13.3. The topological polar surface area (TPSA) is 81.1 Å².